The second-order valence-electron chi connectivity index (χ2n) is 7.28. The maximum Gasteiger partial charge on any atom is 0.215 e. The first kappa shape index (κ1) is 20.3. The summed E-state index contributed by atoms with van der Waals surface area (Å²) in [5.41, 5.74) is 3.99. The summed E-state index contributed by atoms with van der Waals surface area (Å²) in [5, 5.41) is 7.03. The van der Waals surface area contributed by atoms with E-state index in [0.29, 0.717) is 11.5 Å². The van der Waals surface area contributed by atoms with Crippen molar-refractivity contribution < 1.29 is 14.2 Å². The molecule has 2 unspecified atom stereocenters. The van der Waals surface area contributed by atoms with Crippen molar-refractivity contribution in [2.75, 3.05) is 14.2 Å². The Balaban J connectivity index is 1.61. The number of halogens is 2. The third-order valence-corrected chi connectivity index (χ3v) is 6.54. The van der Waals surface area contributed by atoms with Crippen LogP contribution in [0.15, 0.2) is 68.9 Å². The van der Waals surface area contributed by atoms with E-state index < -0.39 is 0 Å². The summed E-state index contributed by atoms with van der Waals surface area (Å²) in [6.45, 7) is 0. The molecule has 3 aromatic rings. The van der Waals surface area contributed by atoms with E-state index in [2.05, 4.69) is 42.9 Å². The summed E-state index contributed by atoms with van der Waals surface area (Å²) in [7, 11) is 3.27. The monoisotopic (exact) mass is 543 g/mol. The Morgan fingerprint density at radius 2 is 1.90 bits per heavy atom. The van der Waals surface area contributed by atoms with Crippen molar-refractivity contribution in [1.82, 2.24) is 9.99 Å². The van der Waals surface area contributed by atoms with E-state index >= 15 is 0 Å². The Morgan fingerprint density at radius 1 is 1.06 bits per heavy atom. The Morgan fingerprint density at radius 3 is 2.65 bits per heavy atom. The maximum atomic E-state index is 6.45. The summed E-state index contributed by atoms with van der Waals surface area (Å²) in [6.07, 6.45) is 3.95. The molecule has 2 atom stereocenters. The minimum Gasteiger partial charge on any atom is -0.493 e. The summed E-state index contributed by atoms with van der Waals surface area (Å²) in [6, 6.07) is 13.9. The molecule has 2 aliphatic heterocycles. The van der Waals surface area contributed by atoms with Gasteiger partial charge in [0.2, 0.25) is 6.23 Å². The number of benzene rings is 2. The van der Waals surface area contributed by atoms with Crippen molar-refractivity contribution in [3.8, 4) is 17.2 Å². The molecule has 0 N–H and O–H groups in total. The summed E-state index contributed by atoms with van der Waals surface area (Å²) in [5.74, 6) is 2.21. The highest BCUT2D eigenvalue weighted by atomic mass is 79.9. The molecule has 0 aliphatic carbocycles. The van der Waals surface area contributed by atoms with Gasteiger partial charge in [0, 0.05) is 40.0 Å². The van der Waals surface area contributed by atoms with Crippen molar-refractivity contribution in [1.29, 1.82) is 0 Å². The minimum atomic E-state index is -0.374. The number of pyridine rings is 1. The highest BCUT2D eigenvalue weighted by Gasteiger charge is 2.42. The van der Waals surface area contributed by atoms with Crippen LogP contribution in [0.25, 0.3) is 0 Å². The highest BCUT2D eigenvalue weighted by molar-refractivity contribution is 9.11. The van der Waals surface area contributed by atoms with Gasteiger partial charge in [-0.2, -0.15) is 5.10 Å². The summed E-state index contributed by atoms with van der Waals surface area (Å²) >= 11 is 7.28. The van der Waals surface area contributed by atoms with Gasteiger partial charge < -0.3 is 14.2 Å². The zero-order chi connectivity index (χ0) is 21.5. The number of fused-ring (bicyclic) bond motifs is 3. The molecule has 0 amide bonds. The molecule has 2 aromatic carbocycles. The van der Waals surface area contributed by atoms with E-state index in [4.69, 9.17) is 19.3 Å². The van der Waals surface area contributed by atoms with Crippen LogP contribution < -0.4 is 14.2 Å². The molecule has 0 spiro atoms. The van der Waals surface area contributed by atoms with Crippen LogP contribution in [0.1, 0.15) is 35.4 Å². The van der Waals surface area contributed by atoms with Crippen molar-refractivity contribution in [2.24, 2.45) is 5.10 Å². The van der Waals surface area contributed by atoms with Crippen molar-refractivity contribution in [3.05, 3.63) is 80.5 Å². The number of hydrogen-bond acceptors (Lipinski definition) is 6. The van der Waals surface area contributed by atoms with Crippen LogP contribution in [0, 0.1) is 0 Å². The highest BCUT2D eigenvalue weighted by Crippen LogP contribution is 2.51. The average molecular weight is 545 g/mol. The van der Waals surface area contributed by atoms with Gasteiger partial charge in [0.15, 0.2) is 11.5 Å². The lowest BCUT2D eigenvalue weighted by Crippen LogP contribution is -2.34. The first-order valence-electron chi connectivity index (χ1n) is 9.72. The van der Waals surface area contributed by atoms with E-state index in [-0.39, 0.29) is 12.3 Å². The molecule has 0 fully saturated rings. The van der Waals surface area contributed by atoms with Gasteiger partial charge in [0.25, 0.3) is 0 Å². The van der Waals surface area contributed by atoms with E-state index in [1.165, 1.54) is 0 Å². The van der Waals surface area contributed by atoms with Crippen molar-refractivity contribution in [2.45, 2.75) is 18.7 Å². The lowest BCUT2D eigenvalue weighted by atomic mass is 9.96. The Labute approximate surface area is 197 Å². The predicted octanol–water partition coefficient (Wildman–Crippen LogP) is 5.87. The molecule has 5 rings (SSSR count). The Hall–Kier alpha value is -2.58. The topological polar surface area (TPSA) is 56.2 Å². The molecule has 2 aliphatic rings. The van der Waals surface area contributed by atoms with E-state index in [1.807, 2.05) is 47.6 Å². The lowest BCUT2D eigenvalue weighted by molar-refractivity contribution is -0.0199. The molecule has 0 bridgehead atoms. The second-order valence-corrected chi connectivity index (χ2v) is 9.05. The molecule has 6 nitrogen and oxygen atoms in total. The number of rotatable bonds is 4. The number of nitrogens with zero attached hydrogens (tertiary/aromatic N) is 3. The molecule has 3 heterocycles. The number of methoxy groups -OCH3 is 2. The first-order chi connectivity index (χ1) is 15.1. The zero-order valence-electron chi connectivity index (χ0n) is 16.9. The van der Waals surface area contributed by atoms with Crippen molar-refractivity contribution >= 4 is 37.6 Å². The molecule has 0 saturated carbocycles. The molecular weight excluding hydrogens is 526 g/mol. The average Bonchev–Trinajstić information content (AvgIpc) is 3.24. The molecule has 0 radical (unpaired) electrons. The summed E-state index contributed by atoms with van der Waals surface area (Å²) < 4.78 is 19.2. The van der Waals surface area contributed by atoms with Gasteiger partial charge in [-0.25, -0.2) is 5.01 Å². The van der Waals surface area contributed by atoms with Crippen LogP contribution in [0.5, 0.6) is 17.2 Å². The normalized spacial score (nSPS) is 19.2. The van der Waals surface area contributed by atoms with E-state index in [0.717, 1.165) is 43.5 Å². The standard InChI is InChI=1S/C23H19Br2N3O3/c1-29-20-6-5-13(8-21(20)30-2)18-11-19-16-9-15(24)10-17(25)22(16)31-23(28(19)27-18)14-4-3-7-26-12-14/h3-10,12,19,23H,11H2,1-2H3. The Bertz CT molecular complexity index is 1170. The van der Waals surface area contributed by atoms with E-state index in [9.17, 15) is 0 Å². The largest absolute Gasteiger partial charge is 0.493 e. The van der Waals surface area contributed by atoms with Crippen LogP contribution in [0.4, 0.5) is 0 Å². The van der Waals surface area contributed by atoms with Crippen LogP contribution in [0.2, 0.25) is 0 Å². The van der Waals surface area contributed by atoms with Gasteiger partial charge in [0.05, 0.1) is 30.4 Å². The van der Waals surface area contributed by atoms with Gasteiger partial charge in [-0.15, -0.1) is 0 Å². The fraction of sp³-hybridized carbons (Fsp3) is 0.217. The second kappa shape index (κ2) is 8.16. The van der Waals surface area contributed by atoms with Crippen LogP contribution in [-0.4, -0.2) is 29.9 Å². The molecular formula is C23H19Br2N3O3. The fourth-order valence-corrected chi connectivity index (χ4v) is 5.40. The molecule has 1 aromatic heterocycles. The SMILES string of the molecule is COc1ccc(C2=NN3C(C2)c2cc(Br)cc(Br)c2OC3c2cccnc2)cc1OC. The quantitative estimate of drug-likeness (QED) is 0.411. The van der Waals surface area contributed by atoms with Crippen LogP contribution in [0.3, 0.4) is 0 Å². The van der Waals surface area contributed by atoms with Gasteiger partial charge in [-0.1, -0.05) is 22.0 Å². The summed E-state index contributed by atoms with van der Waals surface area (Å²) in [4.78, 5) is 4.28. The van der Waals surface area contributed by atoms with Gasteiger partial charge in [-0.3, -0.25) is 4.98 Å². The smallest absolute Gasteiger partial charge is 0.215 e. The maximum absolute atomic E-state index is 6.45. The van der Waals surface area contributed by atoms with Crippen molar-refractivity contribution in [3.63, 3.8) is 0 Å². The number of aromatic nitrogens is 1. The van der Waals surface area contributed by atoms with Gasteiger partial charge >= 0.3 is 0 Å². The minimum absolute atomic E-state index is 0.0332. The van der Waals surface area contributed by atoms with Crippen LogP contribution >= 0.6 is 31.9 Å². The predicted molar refractivity (Wildman–Crippen MR) is 125 cm³/mol. The van der Waals surface area contributed by atoms with Gasteiger partial charge in [-0.05, 0) is 52.3 Å². The molecule has 31 heavy (non-hydrogen) atoms. The number of hydrazone groups is 1. The fourth-order valence-electron chi connectivity index (χ4n) is 4.05. The molecule has 8 heteroatoms. The van der Waals surface area contributed by atoms with Crippen LogP contribution in [-0.2, 0) is 0 Å². The zero-order valence-corrected chi connectivity index (χ0v) is 20.1. The molecule has 0 saturated heterocycles. The van der Waals surface area contributed by atoms with Gasteiger partial charge in [0.1, 0.15) is 5.75 Å². The number of hydrogen-bond donors (Lipinski definition) is 0. The van der Waals surface area contributed by atoms with E-state index in [1.54, 1.807) is 20.4 Å². The number of ether oxygens (including phenoxy) is 3. The third-order valence-electron chi connectivity index (χ3n) is 5.49. The Kier molecular flexibility index (Phi) is 5.35. The first-order valence-corrected chi connectivity index (χ1v) is 11.3. The lowest BCUT2D eigenvalue weighted by Gasteiger charge is -2.38. The molecule has 158 valence electrons. The third kappa shape index (κ3) is 3.57.